The Hall–Kier alpha value is -3.68. The summed E-state index contributed by atoms with van der Waals surface area (Å²) >= 11 is 0. The van der Waals surface area contributed by atoms with Gasteiger partial charge in [0, 0.05) is 12.8 Å². The molecule has 0 aliphatic carbocycles. The summed E-state index contributed by atoms with van der Waals surface area (Å²) in [7, 11) is 0. The van der Waals surface area contributed by atoms with Crippen molar-refractivity contribution in [1.82, 2.24) is 5.32 Å². The van der Waals surface area contributed by atoms with E-state index in [2.05, 4.69) is 5.32 Å². The predicted octanol–water partition coefficient (Wildman–Crippen LogP) is 4.89. The number of carbonyl (C=O) groups is 4. The number of hydrogen-bond acceptors (Lipinski definition) is 7. The van der Waals surface area contributed by atoms with Gasteiger partial charge in [0.25, 0.3) is 0 Å². The number of Topliss-reactive ketones (excluding diaryl/α,β-unsaturated/α-hetero) is 1. The maximum Gasteiger partial charge on any atom is 0.407 e. The predicted molar refractivity (Wildman–Crippen MR) is 134 cm³/mol. The monoisotopic (exact) mass is 497 g/mol. The molecule has 36 heavy (non-hydrogen) atoms. The maximum absolute atomic E-state index is 11.9. The summed E-state index contributed by atoms with van der Waals surface area (Å²) in [6.45, 7) is 0.528. The highest BCUT2D eigenvalue weighted by molar-refractivity contribution is 5.86. The number of nitrogens with one attached hydrogen (secondary N) is 1. The molecule has 2 aromatic rings. The van der Waals surface area contributed by atoms with E-state index in [4.69, 9.17) is 14.2 Å². The second kappa shape index (κ2) is 17.7. The van der Waals surface area contributed by atoms with Gasteiger partial charge in [-0.1, -0.05) is 79.9 Å². The Morgan fingerprint density at radius 1 is 0.583 bits per heavy atom. The molecule has 0 aliphatic rings. The number of benzene rings is 2. The lowest BCUT2D eigenvalue weighted by Crippen LogP contribution is -2.30. The number of rotatable bonds is 17. The molecule has 1 amide bonds. The van der Waals surface area contributed by atoms with Gasteiger partial charge in [-0.25, -0.2) is 4.79 Å². The number of alkyl carbamates (subject to hydrolysis) is 1. The Bertz CT molecular complexity index is 931. The Labute approximate surface area is 212 Å². The van der Waals surface area contributed by atoms with Gasteiger partial charge in [0.2, 0.25) is 0 Å². The smallest absolute Gasteiger partial charge is 0.407 e. The minimum Gasteiger partial charge on any atom is -0.466 e. The Balaban J connectivity index is 1.38. The summed E-state index contributed by atoms with van der Waals surface area (Å²) in [5.74, 6) is -0.899. The van der Waals surface area contributed by atoms with Crippen molar-refractivity contribution in [2.75, 3.05) is 13.2 Å². The van der Waals surface area contributed by atoms with Gasteiger partial charge in [-0.15, -0.1) is 0 Å². The highest BCUT2D eigenvalue weighted by Crippen LogP contribution is 2.08. The molecular formula is C28H35NO7. The minimum atomic E-state index is -0.682. The van der Waals surface area contributed by atoms with Crippen LogP contribution in [0, 0.1) is 0 Å². The molecule has 0 atom stereocenters. The lowest BCUT2D eigenvalue weighted by Gasteiger charge is -2.07. The van der Waals surface area contributed by atoms with Gasteiger partial charge in [0.1, 0.15) is 13.2 Å². The second-order valence-corrected chi connectivity index (χ2v) is 8.34. The molecule has 0 bridgehead atoms. The standard InChI is InChI=1S/C28H35NO7/c30-25(20-29-28(33)36-22-24-14-8-5-9-15-24)17-18-27(32)34-19-11-3-1-2-10-16-26(31)35-21-23-12-6-4-7-13-23/h4-9,12-15H,1-3,10-11,16-22H2,(H,29,33). The van der Waals surface area contributed by atoms with Gasteiger partial charge in [-0.2, -0.15) is 0 Å². The molecule has 8 heteroatoms. The highest BCUT2D eigenvalue weighted by atomic mass is 16.5. The maximum atomic E-state index is 11.9. The number of ketones is 1. The van der Waals surface area contributed by atoms with E-state index >= 15 is 0 Å². The molecule has 0 aromatic heterocycles. The average Bonchev–Trinajstić information content (AvgIpc) is 2.91. The molecular weight excluding hydrogens is 462 g/mol. The minimum absolute atomic E-state index is 0.00181. The van der Waals surface area contributed by atoms with Crippen molar-refractivity contribution in [1.29, 1.82) is 0 Å². The summed E-state index contributed by atoms with van der Waals surface area (Å²) < 4.78 is 15.4. The molecule has 0 aliphatic heterocycles. The highest BCUT2D eigenvalue weighted by Gasteiger charge is 2.10. The third-order valence-corrected chi connectivity index (χ3v) is 5.28. The third kappa shape index (κ3) is 13.9. The number of amides is 1. The molecule has 194 valence electrons. The van der Waals surface area contributed by atoms with Crippen LogP contribution in [0.25, 0.3) is 0 Å². The number of esters is 2. The Morgan fingerprint density at radius 3 is 1.81 bits per heavy atom. The lowest BCUT2D eigenvalue weighted by molar-refractivity contribution is -0.145. The van der Waals surface area contributed by atoms with E-state index in [0.29, 0.717) is 19.6 Å². The van der Waals surface area contributed by atoms with Crippen molar-refractivity contribution in [3.05, 3.63) is 71.8 Å². The van der Waals surface area contributed by atoms with E-state index in [1.54, 1.807) is 0 Å². The van der Waals surface area contributed by atoms with Gasteiger partial charge in [-0.3, -0.25) is 14.4 Å². The van der Waals surface area contributed by atoms with Gasteiger partial charge < -0.3 is 19.5 Å². The van der Waals surface area contributed by atoms with Crippen molar-refractivity contribution in [3.8, 4) is 0 Å². The molecule has 8 nitrogen and oxygen atoms in total. The van der Waals surface area contributed by atoms with Crippen molar-refractivity contribution < 1.29 is 33.4 Å². The first kappa shape index (κ1) is 28.6. The van der Waals surface area contributed by atoms with Crippen LogP contribution in [0.5, 0.6) is 0 Å². The molecule has 2 aromatic carbocycles. The van der Waals surface area contributed by atoms with Crippen molar-refractivity contribution in [2.45, 2.75) is 64.6 Å². The quantitative estimate of drug-likeness (QED) is 0.188. The summed E-state index contributed by atoms with van der Waals surface area (Å²) in [6.07, 6.45) is 3.92. The first-order chi connectivity index (χ1) is 17.5. The van der Waals surface area contributed by atoms with Crippen molar-refractivity contribution in [2.24, 2.45) is 0 Å². The molecule has 0 spiro atoms. The SMILES string of the molecule is O=C(CCC(=O)OCCCCCCCC(=O)OCc1ccccc1)CNC(=O)OCc1ccccc1. The third-order valence-electron chi connectivity index (χ3n) is 5.28. The van der Waals surface area contributed by atoms with Crippen LogP contribution in [0.4, 0.5) is 4.79 Å². The van der Waals surface area contributed by atoms with E-state index in [0.717, 1.165) is 43.2 Å². The van der Waals surface area contributed by atoms with Gasteiger partial charge in [0.15, 0.2) is 5.78 Å². The molecule has 0 saturated heterocycles. The van der Waals surface area contributed by atoms with Crippen LogP contribution in [0.1, 0.15) is 62.5 Å². The van der Waals surface area contributed by atoms with E-state index in [-0.39, 0.29) is 37.7 Å². The number of carbonyl (C=O) groups excluding carboxylic acids is 4. The molecule has 0 heterocycles. The molecule has 0 unspecified atom stereocenters. The van der Waals surface area contributed by atoms with E-state index in [1.807, 2.05) is 60.7 Å². The van der Waals surface area contributed by atoms with E-state index in [9.17, 15) is 19.2 Å². The zero-order valence-corrected chi connectivity index (χ0v) is 20.6. The molecule has 2 rings (SSSR count). The van der Waals surface area contributed by atoms with Crippen LogP contribution in [0.2, 0.25) is 0 Å². The average molecular weight is 498 g/mol. The lowest BCUT2D eigenvalue weighted by atomic mass is 10.1. The van der Waals surface area contributed by atoms with Crippen molar-refractivity contribution >= 4 is 23.8 Å². The van der Waals surface area contributed by atoms with E-state index < -0.39 is 12.1 Å². The number of unbranched alkanes of at least 4 members (excludes halogenated alkanes) is 4. The molecule has 0 radical (unpaired) electrons. The number of ether oxygens (including phenoxy) is 3. The van der Waals surface area contributed by atoms with Gasteiger partial charge >= 0.3 is 18.0 Å². The Kier molecular flexibility index (Phi) is 14.0. The van der Waals surface area contributed by atoms with E-state index in [1.165, 1.54) is 0 Å². The fraction of sp³-hybridized carbons (Fsp3) is 0.429. The van der Waals surface area contributed by atoms with Crippen LogP contribution >= 0.6 is 0 Å². The summed E-state index contributed by atoms with van der Waals surface area (Å²) in [5, 5.41) is 2.38. The fourth-order valence-corrected chi connectivity index (χ4v) is 3.24. The topological polar surface area (TPSA) is 108 Å². The first-order valence-corrected chi connectivity index (χ1v) is 12.3. The second-order valence-electron chi connectivity index (χ2n) is 8.34. The van der Waals surface area contributed by atoms with Crippen molar-refractivity contribution in [3.63, 3.8) is 0 Å². The number of hydrogen-bond donors (Lipinski definition) is 1. The molecule has 0 fully saturated rings. The first-order valence-electron chi connectivity index (χ1n) is 12.3. The van der Waals surface area contributed by atoms with Gasteiger partial charge in [0.05, 0.1) is 19.6 Å². The largest absolute Gasteiger partial charge is 0.466 e. The normalized spacial score (nSPS) is 10.3. The van der Waals surface area contributed by atoms with Crippen LogP contribution in [-0.4, -0.2) is 37.0 Å². The van der Waals surface area contributed by atoms with Crippen LogP contribution < -0.4 is 5.32 Å². The van der Waals surface area contributed by atoms with Crippen LogP contribution in [-0.2, 0) is 41.8 Å². The fourth-order valence-electron chi connectivity index (χ4n) is 3.24. The zero-order valence-electron chi connectivity index (χ0n) is 20.6. The van der Waals surface area contributed by atoms with Gasteiger partial charge in [-0.05, 0) is 24.0 Å². The van der Waals surface area contributed by atoms with Crippen LogP contribution in [0.3, 0.4) is 0 Å². The summed E-state index contributed by atoms with van der Waals surface area (Å²) in [6, 6.07) is 18.8. The summed E-state index contributed by atoms with van der Waals surface area (Å²) in [4.78, 5) is 47.0. The zero-order chi connectivity index (χ0) is 25.8. The summed E-state index contributed by atoms with van der Waals surface area (Å²) in [5.41, 5.74) is 1.82. The molecule has 1 N–H and O–H groups in total. The molecule has 0 saturated carbocycles. The van der Waals surface area contributed by atoms with Crippen LogP contribution in [0.15, 0.2) is 60.7 Å². The Morgan fingerprint density at radius 2 is 1.14 bits per heavy atom.